The Morgan fingerprint density at radius 1 is 1.07 bits per heavy atom. The number of hydrogen-bond donors (Lipinski definition) is 1. The molecule has 0 aliphatic carbocycles. The molecular weight excluding hydrogens is 346 g/mol. The number of benzene rings is 2. The molecule has 142 valence electrons. The molecular formula is C24H25N3O. The van der Waals surface area contributed by atoms with Gasteiger partial charge in [0.15, 0.2) is 0 Å². The molecule has 0 fully saturated rings. The Morgan fingerprint density at radius 3 is 2.68 bits per heavy atom. The Labute approximate surface area is 166 Å². The van der Waals surface area contributed by atoms with Gasteiger partial charge in [-0.25, -0.2) is 0 Å². The smallest absolute Gasteiger partial charge is 0.228 e. The largest absolute Gasteiger partial charge is 0.324 e. The first-order valence-corrected chi connectivity index (χ1v) is 9.75. The van der Waals surface area contributed by atoms with Gasteiger partial charge in [-0.2, -0.15) is 0 Å². The van der Waals surface area contributed by atoms with Crippen molar-refractivity contribution in [2.24, 2.45) is 0 Å². The van der Waals surface area contributed by atoms with Crippen molar-refractivity contribution in [1.82, 2.24) is 9.88 Å². The number of pyridine rings is 1. The van der Waals surface area contributed by atoms with Gasteiger partial charge in [-0.3, -0.25) is 14.7 Å². The summed E-state index contributed by atoms with van der Waals surface area (Å²) in [5.74, 6) is 0.0104. The zero-order valence-corrected chi connectivity index (χ0v) is 16.2. The molecule has 0 spiro atoms. The van der Waals surface area contributed by atoms with E-state index >= 15 is 0 Å². The molecule has 1 aromatic heterocycles. The molecule has 0 saturated carbocycles. The quantitative estimate of drug-likeness (QED) is 0.733. The maximum atomic E-state index is 12.6. The van der Waals surface area contributed by atoms with Gasteiger partial charge in [0.25, 0.3) is 0 Å². The second-order valence-corrected chi connectivity index (χ2v) is 7.42. The number of amides is 1. The van der Waals surface area contributed by atoms with Crippen molar-refractivity contribution in [2.75, 3.05) is 11.9 Å². The van der Waals surface area contributed by atoms with Crippen LogP contribution in [0.5, 0.6) is 0 Å². The van der Waals surface area contributed by atoms with Crippen molar-refractivity contribution >= 4 is 11.6 Å². The van der Waals surface area contributed by atoms with Gasteiger partial charge < -0.3 is 5.32 Å². The van der Waals surface area contributed by atoms with Crippen molar-refractivity contribution < 1.29 is 4.79 Å². The third-order valence-corrected chi connectivity index (χ3v) is 5.35. The first-order valence-electron chi connectivity index (χ1n) is 9.75. The fourth-order valence-corrected chi connectivity index (χ4v) is 3.81. The van der Waals surface area contributed by atoms with Crippen LogP contribution in [0.3, 0.4) is 0 Å². The van der Waals surface area contributed by atoms with Gasteiger partial charge in [0.1, 0.15) is 0 Å². The third-order valence-electron chi connectivity index (χ3n) is 5.35. The zero-order chi connectivity index (χ0) is 19.3. The van der Waals surface area contributed by atoms with Gasteiger partial charge in [0.2, 0.25) is 5.91 Å². The lowest BCUT2D eigenvalue weighted by molar-refractivity contribution is -0.115. The van der Waals surface area contributed by atoms with Crippen LogP contribution in [0, 0.1) is 6.92 Å². The van der Waals surface area contributed by atoms with Crippen LogP contribution in [-0.4, -0.2) is 22.3 Å². The normalized spacial score (nSPS) is 13.8. The van der Waals surface area contributed by atoms with Crippen molar-refractivity contribution in [3.63, 3.8) is 0 Å². The maximum Gasteiger partial charge on any atom is 0.228 e. The average molecular weight is 371 g/mol. The van der Waals surface area contributed by atoms with Crippen LogP contribution >= 0.6 is 0 Å². The number of aryl methyl sites for hydroxylation is 1. The minimum atomic E-state index is 0.0104. The molecule has 3 aromatic rings. The van der Waals surface area contributed by atoms with Crippen LogP contribution in [0.25, 0.3) is 0 Å². The monoisotopic (exact) mass is 371 g/mol. The van der Waals surface area contributed by atoms with Crippen molar-refractivity contribution in [3.05, 3.63) is 94.8 Å². The lowest BCUT2D eigenvalue weighted by atomic mass is 9.99. The molecule has 4 heteroatoms. The molecule has 2 aromatic carbocycles. The van der Waals surface area contributed by atoms with E-state index in [-0.39, 0.29) is 5.91 Å². The van der Waals surface area contributed by atoms with E-state index in [0.29, 0.717) is 6.42 Å². The molecule has 0 radical (unpaired) electrons. The van der Waals surface area contributed by atoms with Crippen molar-refractivity contribution in [2.45, 2.75) is 32.9 Å². The molecule has 0 atom stereocenters. The van der Waals surface area contributed by atoms with E-state index in [0.717, 1.165) is 42.9 Å². The molecule has 0 unspecified atom stereocenters. The highest BCUT2D eigenvalue weighted by atomic mass is 16.1. The number of aromatic nitrogens is 1. The van der Waals surface area contributed by atoms with E-state index < -0.39 is 0 Å². The molecule has 1 amide bonds. The maximum absolute atomic E-state index is 12.6. The van der Waals surface area contributed by atoms with Crippen LogP contribution in [0.4, 0.5) is 5.69 Å². The lowest BCUT2D eigenvalue weighted by Crippen LogP contribution is -2.31. The number of rotatable bonds is 5. The van der Waals surface area contributed by atoms with Crippen LogP contribution in [0.1, 0.15) is 27.8 Å². The predicted molar refractivity (Wildman–Crippen MR) is 112 cm³/mol. The SMILES string of the molecule is Cc1ccccc1CC(=O)Nc1cncc2c1CCN(Cc1ccccc1)C2. The van der Waals surface area contributed by atoms with Gasteiger partial charge in [-0.1, -0.05) is 54.6 Å². The van der Waals surface area contributed by atoms with Gasteiger partial charge in [-0.05, 0) is 41.2 Å². The fraction of sp³-hybridized carbons (Fsp3) is 0.250. The number of fused-ring (bicyclic) bond motifs is 1. The number of hydrogen-bond acceptors (Lipinski definition) is 3. The summed E-state index contributed by atoms with van der Waals surface area (Å²) in [5.41, 5.74) is 6.81. The summed E-state index contributed by atoms with van der Waals surface area (Å²) in [4.78, 5) is 19.4. The van der Waals surface area contributed by atoms with Crippen LogP contribution in [0.15, 0.2) is 67.0 Å². The number of carbonyl (C=O) groups is 1. The standard InChI is InChI=1S/C24H25N3O/c1-18-7-5-6-10-20(18)13-24(28)26-23-15-25-14-21-17-27(12-11-22(21)23)16-19-8-3-2-4-9-19/h2-10,14-15H,11-13,16-17H2,1H3,(H,26,28). The molecule has 0 bridgehead atoms. The van der Waals surface area contributed by atoms with Crippen molar-refractivity contribution in [3.8, 4) is 0 Å². The predicted octanol–water partition coefficient (Wildman–Crippen LogP) is 4.13. The molecule has 1 N–H and O–H groups in total. The van der Waals surface area contributed by atoms with E-state index in [1.807, 2.05) is 43.5 Å². The Kier molecular flexibility index (Phi) is 5.49. The Morgan fingerprint density at radius 2 is 1.86 bits per heavy atom. The topological polar surface area (TPSA) is 45.2 Å². The highest BCUT2D eigenvalue weighted by Crippen LogP contribution is 2.26. The van der Waals surface area contributed by atoms with Gasteiger partial charge in [0, 0.05) is 25.8 Å². The summed E-state index contributed by atoms with van der Waals surface area (Å²) in [6, 6.07) is 18.5. The molecule has 1 aliphatic heterocycles. The fourth-order valence-electron chi connectivity index (χ4n) is 3.81. The first kappa shape index (κ1) is 18.4. The minimum absolute atomic E-state index is 0.0104. The van der Waals surface area contributed by atoms with Gasteiger partial charge >= 0.3 is 0 Å². The van der Waals surface area contributed by atoms with Gasteiger partial charge in [0.05, 0.1) is 18.3 Å². The summed E-state index contributed by atoms with van der Waals surface area (Å²) in [6.07, 6.45) is 5.02. The number of nitrogens with one attached hydrogen (secondary N) is 1. The van der Waals surface area contributed by atoms with Crippen LogP contribution in [0.2, 0.25) is 0 Å². The highest BCUT2D eigenvalue weighted by molar-refractivity contribution is 5.93. The van der Waals surface area contributed by atoms with E-state index in [2.05, 4.69) is 39.5 Å². The zero-order valence-electron chi connectivity index (χ0n) is 16.2. The number of anilines is 1. The van der Waals surface area contributed by atoms with Crippen molar-refractivity contribution in [1.29, 1.82) is 0 Å². The van der Waals surface area contributed by atoms with E-state index in [1.165, 1.54) is 16.7 Å². The summed E-state index contributed by atoms with van der Waals surface area (Å²) in [7, 11) is 0. The van der Waals surface area contributed by atoms with E-state index in [9.17, 15) is 4.79 Å². The molecule has 4 rings (SSSR count). The average Bonchev–Trinajstić information content (AvgIpc) is 2.70. The first-order chi connectivity index (χ1) is 13.7. The summed E-state index contributed by atoms with van der Waals surface area (Å²) in [5, 5.41) is 3.09. The van der Waals surface area contributed by atoms with E-state index in [1.54, 1.807) is 6.20 Å². The molecule has 0 saturated heterocycles. The van der Waals surface area contributed by atoms with E-state index in [4.69, 9.17) is 0 Å². The summed E-state index contributed by atoms with van der Waals surface area (Å²) in [6.45, 7) is 4.81. The Balaban J connectivity index is 1.44. The second-order valence-electron chi connectivity index (χ2n) is 7.42. The Hall–Kier alpha value is -2.98. The number of nitrogens with zero attached hydrogens (tertiary/aromatic N) is 2. The summed E-state index contributed by atoms with van der Waals surface area (Å²) >= 11 is 0. The highest BCUT2D eigenvalue weighted by Gasteiger charge is 2.20. The second kappa shape index (κ2) is 8.36. The van der Waals surface area contributed by atoms with Gasteiger partial charge in [-0.15, -0.1) is 0 Å². The Bertz CT molecular complexity index is 969. The third kappa shape index (κ3) is 4.29. The molecule has 28 heavy (non-hydrogen) atoms. The van der Waals surface area contributed by atoms with Crippen LogP contribution in [-0.2, 0) is 30.7 Å². The molecule has 1 aliphatic rings. The molecule has 2 heterocycles. The minimum Gasteiger partial charge on any atom is -0.324 e. The van der Waals surface area contributed by atoms with Crippen LogP contribution < -0.4 is 5.32 Å². The summed E-state index contributed by atoms with van der Waals surface area (Å²) < 4.78 is 0. The lowest BCUT2D eigenvalue weighted by Gasteiger charge is -2.29. The number of carbonyl (C=O) groups excluding carboxylic acids is 1. The molecule has 4 nitrogen and oxygen atoms in total.